The minimum Gasteiger partial charge on any atom is -0.383 e. The van der Waals surface area contributed by atoms with Gasteiger partial charge in [0.05, 0.1) is 0 Å². The smallest absolute Gasteiger partial charge is 0.0342 e. The summed E-state index contributed by atoms with van der Waals surface area (Å²) < 4.78 is 0. The lowest BCUT2D eigenvalue weighted by Gasteiger charge is -2.16. The summed E-state index contributed by atoms with van der Waals surface area (Å²) in [7, 11) is 0. The standard InChI is InChI=1S/C29H46N2/c1-5-7-9-11-13-24(3)30-28-19-15-26(16-20-28)23-27-17-21-29(22-18-27)31-25(4)14-12-10-8-6-2/h15-22,24-25,30-31H,5-14,23H2,1-4H3. The third kappa shape index (κ3) is 10.8. The summed E-state index contributed by atoms with van der Waals surface area (Å²) in [5.74, 6) is 0. The van der Waals surface area contributed by atoms with Gasteiger partial charge >= 0.3 is 0 Å². The van der Waals surface area contributed by atoms with E-state index in [0.29, 0.717) is 12.1 Å². The van der Waals surface area contributed by atoms with Gasteiger partial charge in [0.1, 0.15) is 0 Å². The molecule has 2 rings (SSSR count). The molecule has 2 aromatic carbocycles. The molecule has 31 heavy (non-hydrogen) atoms. The van der Waals surface area contributed by atoms with Gasteiger partial charge in [-0.05, 0) is 68.5 Å². The van der Waals surface area contributed by atoms with Crippen LogP contribution in [0, 0.1) is 0 Å². The normalized spacial score (nSPS) is 13.0. The highest BCUT2D eigenvalue weighted by Crippen LogP contribution is 2.18. The Balaban J connectivity index is 1.74. The zero-order chi connectivity index (χ0) is 22.3. The summed E-state index contributed by atoms with van der Waals surface area (Å²) in [5, 5.41) is 7.30. The van der Waals surface area contributed by atoms with Crippen LogP contribution in [0.15, 0.2) is 48.5 Å². The molecule has 0 saturated heterocycles. The third-order valence-corrected chi connectivity index (χ3v) is 6.12. The van der Waals surface area contributed by atoms with Gasteiger partial charge in [-0.15, -0.1) is 0 Å². The van der Waals surface area contributed by atoms with Crippen LogP contribution < -0.4 is 10.6 Å². The number of unbranched alkanes of at least 4 members (excludes halogenated alkanes) is 6. The maximum atomic E-state index is 3.65. The Hall–Kier alpha value is -1.96. The number of hydrogen-bond acceptors (Lipinski definition) is 2. The molecule has 2 heteroatoms. The molecule has 2 N–H and O–H groups in total. The molecule has 0 aromatic heterocycles. The van der Waals surface area contributed by atoms with E-state index >= 15 is 0 Å². The number of nitrogens with one attached hydrogen (secondary N) is 2. The number of hydrogen-bond donors (Lipinski definition) is 2. The Morgan fingerprint density at radius 1 is 0.548 bits per heavy atom. The zero-order valence-electron chi connectivity index (χ0n) is 20.6. The van der Waals surface area contributed by atoms with Crippen molar-refractivity contribution in [2.75, 3.05) is 10.6 Å². The van der Waals surface area contributed by atoms with Gasteiger partial charge in [0.2, 0.25) is 0 Å². The van der Waals surface area contributed by atoms with Crippen LogP contribution in [0.1, 0.15) is 103 Å². The van der Waals surface area contributed by atoms with Crippen molar-refractivity contribution in [3.05, 3.63) is 59.7 Å². The van der Waals surface area contributed by atoms with E-state index in [1.54, 1.807) is 0 Å². The predicted molar refractivity (Wildman–Crippen MR) is 139 cm³/mol. The Labute approximate surface area is 192 Å². The second-order valence-electron chi connectivity index (χ2n) is 9.36. The van der Waals surface area contributed by atoms with E-state index in [0.717, 1.165) is 6.42 Å². The van der Waals surface area contributed by atoms with Gasteiger partial charge in [0.25, 0.3) is 0 Å². The molecule has 0 radical (unpaired) electrons. The van der Waals surface area contributed by atoms with Gasteiger partial charge in [-0.1, -0.05) is 89.5 Å². The molecule has 2 aromatic rings. The van der Waals surface area contributed by atoms with E-state index in [-0.39, 0.29) is 0 Å². The molecule has 0 bridgehead atoms. The first-order valence-electron chi connectivity index (χ1n) is 12.8. The minimum atomic E-state index is 0.539. The average Bonchev–Trinajstić information content (AvgIpc) is 2.77. The summed E-state index contributed by atoms with van der Waals surface area (Å²) >= 11 is 0. The first-order chi connectivity index (χ1) is 15.1. The summed E-state index contributed by atoms with van der Waals surface area (Å²) in [4.78, 5) is 0. The van der Waals surface area contributed by atoms with Crippen LogP contribution in [0.3, 0.4) is 0 Å². The Bertz CT molecular complexity index is 628. The van der Waals surface area contributed by atoms with E-state index in [1.807, 2.05) is 0 Å². The van der Waals surface area contributed by atoms with Gasteiger partial charge in [-0.2, -0.15) is 0 Å². The fourth-order valence-electron chi connectivity index (χ4n) is 4.14. The molecule has 0 aliphatic rings. The lowest BCUT2D eigenvalue weighted by molar-refractivity contribution is 0.594. The van der Waals surface area contributed by atoms with Crippen LogP contribution >= 0.6 is 0 Å². The highest BCUT2D eigenvalue weighted by atomic mass is 14.9. The second kappa shape index (κ2) is 14.9. The van der Waals surface area contributed by atoms with E-state index < -0.39 is 0 Å². The van der Waals surface area contributed by atoms with Gasteiger partial charge in [-0.3, -0.25) is 0 Å². The maximum absolute atomic E-state index is 3.65. The molecule has 2 atom stereocenters. The van der Waals surface area contributed by atoms with Gasteiger partial charge < -0.3 is 10.6 Å². The summed E-state index contributed by atoms with van der Waals surface area (Å²) in [6.07, 6.45) is 14.2. The first kappa shape index (κ1) is 25.3. The Morgan fingerprint density at radius 3 is 1.29 bits per heavy atom. The molecule has 0 fully saturated rings. The van der Waals surface area contributed by atoms with Gasteiger partial charge in [-0.25, -0.2) is 0 Å². The SMILES string of the molecule is CCCCCCC(C)Nc1ccc(Cc2ccc(NC(C)CCCCCC)cc2)cc1. The molecule has 0 amide bonds. The fraction of sp³-hybridized carbons (Fsp3) is 0.586. The molecule has 0 aliphatic carbocycles. The molecule has 0 spiro atoms. The van der Waals surface area contributed by atoms with Gasteiger partial charge in [0.15, 0.2) is 0 Å². The summed E-state index contributed by atoms with van der Waals surface area (Å²) in [6.45, 7) is 9.12. The van der Waals surface area contributed by atoms with Crippen molar-refractivity contribution in [3.63, 3.8) is 0 Å². The average molecular weight is 423 g/mol. The summed E-state index contributed by atoms with van der Waals surface area (Å²) in [5.41, 5.74) is 5.20. The van der Waals surface area contributed by atoms with Crippen molar-refractivity contribution in [3.8, 4) is 0 Å². The van der Waals surface area contributed by atoms with Crippen molar-refractivity contribution in [1.29, 1.82) is 0 Å². The Morgan fingerprint density at radius 2 is 0.935 bits per heavy atom. The summed E-state index contributed by atoms with van der Waals surface area (Å²) in [6, 6.07) is 19.0. The number of anilines is 2. The monoisotopic (exact) mass is 422 g/mol. The Kier molecular flexibility index (Phi) is 12.2. The van der Waals surface area contributed by atoms with E-state index in [2.05, 4.69) is 86.9 Å². The van der Waals surface area contributed by atoms with Crippen LogP contribution in [0.5, 0.6) is 0 Å². The zero-order valence-corrected chi connectivity index (χ0v) is 20.6. The van der Waals surface area contributed by atoms with Crippen molar-refractivity contribution in [2.24, 2.45) is 0 Å². The minimum absolute atomic E-state index is 0.539. The first-order valence-corrected chi connectivity index (χ1v) is 12.8. The number of rotatable bonds is 16. The van der Waals surface area contributed by atoms with Crippen LogP contribution in [0.2, 0.25) is 0 Å². The molecule has 2 unspecified atom stereocenters. The molecular weight excluding hydrogens is 376 g/mol. The molecule has 0 heterocycles. The molecule has 2 nitrogen and oxygen atoms in total. The highest BCUT2D eigenvalue weighted by molar-refractivity contribution is 5.48. The quantitative estimate of drug-likeness (QED) is 0.264. The predicted octanol–water partition coefficient (Wildman–Crippen LogP) is 8.82. The molecule has 172 valence electrons. The van der Waals surface area contributed by atoms with E-state index in [9.17, 15) is 0 Å². The molecule has 0 saturated carbocycles. The van der Waals surface area contributed by atoms with Crippen LogP contribution in [-0.2, 0) is 6.42 Å². The van der Waals surface area contributed by atoms with Crippen molar-refractivity contribution in [2.45, 2.75) is 110 Å². The highest BCUT2D eigenvalue weighted by Gasteiger charge is 2.04. The van der Waals surface area contributed by atoms with Crippen LogP contribution in [0.4, 0.5) is 11.4 Å². The van der Waals surface area contributed by atoms with Crippen molar-refractivity contribution < 1.29 is 0 Å². The third-order valence-electron chi connectivity index (χ3n) is 6.12. The largest absolute Gasteiger partial charge is 0.383 e. The maximum Gasteiger partial charge on any atom is 0.0342 e. The fourth-order valence-corrected chi connectivity index (χ4v) is 4.14. The van der Waals surface area contributed by atoms with Crippen molar-refractivity contribution in [1.82, 2.24) is 0 Å². The topological polar surface area (TPSA) is 24.1 Å². The van der Waals surface area contributed by atoms with Crippen molar-refractivity contribution >= 4 is 11.4 Å². The van der Waals surface area contributed by atoms with Gasteiger partial charge in [0, 0.05) is 23.5 Å². The van der Waals surface area contributed by atoms with E-state index in [1.165, 1.54) is 86.7 Å². The van der Waals surface area contributed by atoms with Crippen LogP contribution in [0.25, 0.3) is 0 Å². The van der Waals surface area contributed by atoms with E-state index in [4.69, 9.17) is 0 Å². The lowest BCUT2D eigenvalue weighted by atomic mass is 10.0. The lowest BCUT2D eigenvalue weighted by Crippen LogP contribution is -2.14. The number of benzene rings is 2. The molecule has 0 aliphatic heterocycles. The molecular formula is C29H46N2. The second-order valence-corrected chi connectivity index (χ2v) is 9.36. The van der Waals surface area contributed by atoms with Crippen LogP contribution in [-0.4, -0.2) is 12.1 Å².